The van der Waals surface area contributed by atoms with E-state index in [2.05, 4.69) is 48.3 Å². The SMILES string of the molecule is CC(C)(C)C1CCc2c(cc(-c3ccccc3)n2-c2ccc(OC(=O)O)o2)C1. The predicted octanol–water partition coefficient (Wildman–Crippen LogP) is 5.95. The molecule has 5 heteroatoms. The number of nitrogens with zero attached hydrogens (tertiary/aromatic N) is 1. The second kappa shape index (κ2) is 6.89. The maximum atomic E-state index is 10.8. The number of carboxylic acid groups (broad SMARTS) is 1. The van der Waals surface area contributed by atoms with E-state index in [1.165, 1.54) is 11.3 Å². The molecule has 2 heterocycles. The number of hydrogen-bond acceptors (Lipinski definition) is 3. The molecule has 0 aliphatic heterocycles. The number of aromatic nitrogens is 1. The molecule has 2 aromatic heterocycles. The Labute approximate surface area is 164 Å². The van der Waals surface area contributed by atoms with Crippen molar-refractivity contribution in [3.05, 3.63) is 59.8 Å². The number of ether oxygens (including phenoxy) is 1. The lowest BCUT2D eigenvalue weighted by Crippen LogP contribution is -2.27. The monoisotopic (exact) mass is 379 g/mol. The van der Waals surface area contributed by atoms with Crippen LogP contribution < -0.4 is 4.74 Å². The Morgan fingerprint density at radius 1 is 1.18 bits per heavy atom. The summed E-state index contributed by atoms with van der Waals surface area (Å²) in [5.41, 5.74) is 4.98. The van der Waals surface area contributed by atoms with Crippen molar-refractivity contribution < 1.29 is 19.1 Å². The lowest BCUT2D eigenvalue weighted by Gasteiger charge is -2.34. The van der Waals surface area contributed by atoms with Crippen LogP contribution in [0.25, 0.3) is 17.1 Å². The number of hydrogen-bond donors (Lipinski definition) is 1. The van der Waals surface area contributed by atoms with Gasteiger partial charge in [-0.25, -0.2) is 4.79 Å². The fraction of sp³-hybridized carbons (Fsp3) is 0.348. The zero-order chi connectivity index (χ0) is 19.9. The molecular formula is C23H25NO4. The topological polar surface area (TPSA) is 64.6 Å². The second-order valence-corrected chi connectivity index (χ2v) is 8.47. The molecule has 1 aliphatic carbocycles. The van der Waals surface area contributed by atoms with Crippen LogP contribution in [0.5, 0.6) is 5.95 Å². The van der Waals surface area contributed by atoms with Gasteiger partial charge in [-0.1, -0.05) is 51.1 Å². The van der Waals surface area contributed by atoms with Crippen molar-refractivity contribution in [3.63, 3.8) is 0 Å². The molecule has 28 heavy (non-hydrogen) atoms. The highest BCUT2D eigenvalue weighted by Gasteiger charge is 2.32. The zero-order valence-corrected chi connectivity index (χ0v) is 16.4. The summed E-state index contributed by atoms with van der Waals surface area (Å²) in [6.07, 6.45) is 1.73. The van der Waals surface area contributed by atoms with Crippen molar-refractivity contribution in [2.24, 2.45) is 11.3 Å². The number of fused-ring (bicyclic) bond motifs is 1. The van der Waals surface area contributed by atoms with E-state index in [0.717, 1.165) is 30.5 Å². The molecule has 0 saturated heterocycles. The van der Waals surface area contributed by atoms with Crippen LogP contribution in [0.1, 0.15) is 38.4 Å². The average molecular weight is 379 g/mol. The molecular weight excluding hydrogens is 354 g/mol. The van der Waals surface area contributed by atoms with E-state index in [-0.39, 0.29) is 11.4 Å². The Bertz CT molecular complexity index is 992. The molecule has 0 spiro atoms. The maximum absolute atomic E-state index is 10.8. The van der Waals surface area contributed by atoms with Crippen molar-refractivity contribution in [2.45, 2.75) is 40.0 Å². The predicted molar refractivity (Wildman–Crippen MR) is 107 cm³/mol. The molecule has 0 fully saturated rings. The minimum absolute atomic E-state index is 0.0210. The van der Waals surface area contributed by atoms with E-state index in [4.69, 9.17) is 9.52 Å². The molecule has 3 aromatic rings. The highest BCUT2D eigenvalue weighted by atomic mass is 16.7. The van der Waals surface area contributed by atoms with Crippen molar-refractivity contribution in [2.75, 3.05) is 0 Å². The van der Waals surface area contributed by atoms with Gasteiger partial charge in [-0.15, -0.1) is 0 Å². The molecule has 0 amide bonds. The number of carbonyl (C=O) groups is 1. The molecule has 4 rings (SSSR count). The number of benzene rings is 1. The van der Waals surface area contributed by atoms with E-state index >= 15 is 0 Å². The normalized spacial score (nSPS) is 16.6. The minimum atomic E-state index is -1.38. The van der Waals surface area contributed by atoms with Crippen LogP contribution in [0.15, 0.2) is 52.9 Å². The molecule has 1 N–H and O–H groups in total. The Morgan fingerprint density at radius 2 is 1.93 bits per heavy atom. The van der Waals surface area contributed by atoms with Gasteiger partial charge in [-0.05, 0) is 47.8 Å². The second-order valence-electron chi connectivity index (χ2n) is 8.47. The molecule has 0 bridgehead atoms. The molecule has 1 aromatic carbocycles. The average Bonchev–Trinajstić information content (AvgIpc) is 3.24. The van der Waals surface area contributed by atoms with Crippen LogP contribution >= 0.6 is 0 Å². The van der Waals surface area contributed by atoms with Gasteiger partial charge >= 0.3 is 6.16 Å². The van der Waals surface area contributed by atoms with Crippen molar-refractivity contribution in [1.82, 2.24) is 4.57 Å². The van der Waals surface area contributed by atoms with Crippen LogP contribution in [-0.2, 0) is 12.8 Å². The fourth-order valence-electron chi connectivity index (χ4n) is 4.11. The standard InChI is InChI=1S/C23H25NO4/c1-23(2,3)17-9-10-18-16(13-17)14-19(15-7-5-4-6-8-15)24(18)20-11-12-21(27-20)28-22(25)26/h4-8,11-12,14,17H,9-10,13H2,1-3H3,(H,25,26). The Morgan fingerprint density at radius 3 is 2.61 bits per heavy atom. The highest BCUT2D eigenvalue weighted by Crippen LogP contribution is 2.41. The highest BCUT2D eigenvalue weighted by molar-refractivity contribution is 5.66. The minimum Gasteiger partial charge on any atom is -0.449 e. The molecule has 0 saturated carbocycles. The summed E-state index contributed by atoms with van der Waals surface area (Å²) in [6, 6.07) is 15.8. The first-order valence-electron chi connectivity index (χ1n) is 9.63. The zero-order valence-electron chi connectivity index (χ0n) is 16.4. The van der Waals surface area contributed by atoms with Gasteiger partial charge in [0.2, 0.25) is 5.88 Å². The summed E-state index contributed by atoms with van der Waals surface area (Å²) in [4.78, 5) is 10.8. The molecule has 1 atom stereocenters. The third-order valence-electron chi connectivity index (χ3n) is 5.66. The molecule has 146 valence electrons. The first kappa shape index (κ1) is 18.4. The van der Waals surface area contributed by atoms with Crippen LogP contribution in [0.3, 0.4) is 0 Å². The summed E-state index contributed by atoms with van der Waals surface area (Å²) in [5, 5.41) is 8.85. The van der Waals surface area contributed by atoms with Gasteiger partial charge in [0.25, 0.3) is 5.95 Å². The van der Waals surface area contributed by atoms with Crippen LogP contribution in [-0.4, -0.2) is 15.8 Å². The van der Waals surface area contributed by atoms with Crippen molar-refractivity contribution >= 4 is 6.16 Å². The van der Waals surface area contributed by atoms with E-state index in [1.807, 2.05) is 18.2 Å². The molecule has 1 unspecified atom stereocenters. The third kappa shape index (κ3) is 3.44. The Balaban J connectivity index is 1.82. The fourth-order valence-corrected chi connectivity index (χ4v) is 4.11. The summed E-state index contributed by atoms with van der Waals surface area (Å²) >= 11 is 0. The summed E-state index contributed by atoms with van der Waals surface area (Å²) in [7, 11) is 0. The van der Waals surface area contributed by atoms with Crippen LogP contribution in [0.2, 0.25) is 0 Å². The van der Waals surface area contributed by atoms with Crippen molar-refractivity contribution in [3.8, 4) is 23.1 Å². The van der Waals surface area contributed by atoms with Gasteiger partial charge in [0.05, 0.1) is 5.69 Å². The molecule has 0 radical (unpaired) electrons. The van der Waals surface area contributed by atoms with E-state index < -0.39 is 6.16 Å². The number of rotatable bonds is 3. The van der Waals surface area contributed by atoms with E-state index in [9.17, 15) is 4.79 Å². The van der Waals surface area contributed by atoms with Crippen LogP contribution in [0, 0.1) is 11.3 Å². The van der Waals surface area contributed by atoms with Gasteiger partial charge in [-0.3, -0.25) is 4.57 Å². The maximum Gasteiger partial charge on any atom is 0.513 e. The lowest BCUT2D eigenvalue weighted by molar-refractivity contribution is 0.133. The number of furan rings is 1. The van der Waals surface area contributed by atoms with Gasteiger partial charge in [0.15, 0.2) is 0 Å². The van der Waals surface area contributed by atoms with Gasteiger partial charge < -0.3 is 14.3 Å². The largest absolute Gasteiger partial charge is 0.513 e. The first-order chi connectivity index (χ1) is 13.3. The van der Waals surface area contributed by atoms with Gasteiger partial charge in [-0.2, -0.15) is 0 Å². The van der Waals surface area contributed by atoms with E-state index in [0.29, 0.717) is 11.8 Å². The molecule has 5 nitrogen and oxygen atoms in total. The smallest absolute Gasteiger partial charge is 0.449 e. The Hall–Kier alpha value is -2.95. The lowest BCUT2D eigenvalue weighted by atomic mass is 9.72. The summed E-state index contributed by atoms with van der Waals surface area (Å²) < 4.78 is 12.5. The van der Waals surface area contributed by atoms with Crippen molar-refractivity contribution in [1.29, 1.82) is 0 Å². The molecule has 1 aliphatic rings. The summed E-state index contributed by atoms with van der Waals surface area (Å²) in [5.74, 6) is 1.18. The quantitative estimate of drug-likeness (QED) is 0.572. The third-order valence-corrected chi connectivity index (χ3v) is 5.66. The van der Waals surface area contributed by atoms with Gasteiger partial charge in [0.1, 0.15) is 0 Å². The summed E-state index contributed by atoms with van der Waals surface area (Å²) in [6.45, 7) is 6.92. The van der Waals surface area contributed by atoms with E-state index in [1.54, 1.807) is 12.1 Å². The Kier molecular flexibility index (Phi) is 4.53. The van der Waals surface area contributed by atoms with Gasteiger partial charge in [0, 0.05) is 17.8 Å². The first-order valence-corrected chi connectivity index (χ1v) is 9.63. The van der Waals surface area contributed by atoms with Crippen LogP contribution in [0.4, 0.5) is 4.79 Å².